The van der Waals surface area contributed by atoms with E-state index in [1.807, 2.05) is 0 Å². The normalized spacial score (nSPS) is 11.0. The summed E-state index contributed by atoms with van der Waals surface area (Å²) in [7, 11) is 0. The standard InChI is InChI=1S/C38H29N/c1-4-12-32(13-5-1)37-18-10-11-19-38(37)33-26-22-30(23-27-33)20-21-31-24-28-36(29-25-31)39(34-14-6-2-7-15-34)35-16-8-3-9-17-35/h1-29H. The molecule has 0 unspecified atom stereocenters. The molecule has 0 fully saturated rings. The third-order valence-electron chi connectivity index (χ3n) is 6.88. The molecule has 0 aliphatic carbocycles. The van der Waals surface area contributed by atoms with E-state index in [9.17, 15) is 0 Å². The van der Waals surface area contributed by atoms with Crippen molar-refractivity contribution in [3.8, 4) is 22.3 Å². The highest BCUT2D eigenvalue weighted by Crippen LogP contribution is 2.35. The summed E-state index contributed by atoms with van der Waals surface area (Å²) >= 11 is 0. The van der Waals surface area contributed by atoms with Crippen molar-refractivity contribution in [2.24, 2.45) is 0 Å². The van der Waals surface area contributed by atoms with Crippen LogP contribution in [-0.2, 0) is 0 Å². The van der Waals surface area contributed by atoms with E-state index < -0.39 is 0 Å². The van der Waals surface area contributed by atoms with Crippen molar-refractivity contribution in [1.29, 1.82) is 0 Å². The van der Waals surface area contributed by atoms with Crippen LogP contribution in [0.4, 0.5) is 17.1 Å². The molecule has 0 amide bonds. The summed E-state index contributed by atoms with van der Waals surface area (Å²) in [4.78, 5) is 2.28. The summed E-state index contributed by atoms with van der Waals surface area (Å²) in [6, 6.07) is 57.7. The maximum Gasteiger partial charge on any atom is 0.0462 e. The van der Waals surface area contributed by atoms with E-state index >= 15 is 0 Å². The molecule has 0 radical (unpaired) electrons. The van der Waals surface area contributed by atoms with Crippen LogP contribution in [0.1, 0.15) is 11.1 Å². The first kappa shape index (κ1) is 24.2. The van der Waals surface area contributed by atoms with E-state index in [1.165, 1.54) is 33.4 Å². The Balaban J connectivity index is 1.22. The van der Waals surface area contributed by atoms with Crippen LogP contribution in [-0.4, -0.2) is 0 Å². The van der Waals surface area contributed by atoms with E-state index in [2.05, 4.69) is 181 Å². The number of rotatable bonds is 7. The summed E-state index contributed by atoms with van der Waals surface area (Å²) < 4.78 is 0. The second kappa shape index (κ2) is 11.5. The average Bonchev–Trinajstić information content (AvgIpc) is 3.03. The Bertz CT molecular complexity index is 1610. The fourth-order valence-electron chi connectivity index (χ4n) is 4.91. The van der Waals surface area contributed by atoms with Gasteiger partial charge in [-0.05, 0) is 69.8 Å². The maximum absolute atomic E-state index is 2.28. The molecule has 1 heteroatoms. The van der Waals surface area contributed by atoms with Gasteiger partial charge >= 0.3 is 0 Å². The second-order valence-electron chi connectivity index (χ2n) is 9.46. The summed E-state index contributed by atoms with van der Waals surface area (Å²) in [6.45, 7) is 0. The van der Waals surface area contributed by atoms with E-state index in [-0.39, 0.29) is 0 Å². The van der Waals surface area contributed by atoms with Crippen LogP contribution in [0.2, 0.25) is 0 Å². The third-order valence-corrected chi connectivity index (χ3v) is 6.88. The van der Waals surface area contributed by atoms with E-state index in [1.54, 1.807) is 0 Å². The summed E-state index contributed by atoms with van der Waals surface area (Å²) in [5.74, 6) is 0. The van der Waals surface area contributed by atoms with Crippen molar-refractivity contribution in [3.05, 3.63) is 175 Å². The molecule has 0 heterocycles. The lowest BCUT2D eigenvalue weighted by Crippen LogP contribution is -2.09. The SMILES string of the molecule is C(=Cc1ccc(N(c2ccccc2)c2ccccc2)cc1)c1ccc(-c2ccccc2-c2ccccc2)cc1. The molecular formula is C38H29N. The van der Waals surface area contributed by atoms with Crippen molar-refractivity contribution in [2.45, 2.75) is 0 Å². The van der Waals surface area contributed by atoms with Gasteiger partial charge in [0.15, 0.2) is 0 Å². The minimum Gasteiger partial charge on any atom is -0.311 e. The van der Waals surface area contributed by atoms with Crippen LogP contribution < -0.4 is 4.90 Å². The molecule has 0 saturated heterocycles. The molecule has 0 aliphatic heterocycles. The Kier molecular flexibility index (Phi) is 7.14. The molecule has 0 aromatic heterocycles. The monoisotopic (exact) mass is 499 g/mol. The van der Waals surface area contributed by atoms with Gasteiger partial charge in [-0.3, -0.25) is 0 Å². The number of nitrogens with zero attached hydrogens (tertiary/aromatic N) is 1. The molecule has 1 nitrogen and oxygen atoms in total. The maximum atomic E-state index is 2.28. The van der Waals surface area contributed by atoms with Gasteiger partial charge in [0.25, 0.3) is 0 Å². The molecule has 186 valence electrons. The first-order valence-corrected chi connectivity index (χ1v) is 13.3. The predicted octanol–water partition coefficient (Wildman–Crippen LogP) is 10.7. The fourth-order valence-corrected chi connectivity index (χ4v) is 4.91. The molecule has 0 atom stereocenters. The number of anilines is 3. The van der Waals surface area contributed by atoms with Crippen molar-refractivity contribution < 1.29 is 0 Å². The van der Waals surface area contributed by atoms with Crippen LogP contribution in [0.3, 0.4) is 0 Å². The van der Waals surface area contributed by atoms with Gasteiger partial charge in [0.05, 0.1) is 0 Å². The fraction of sp³-hybridized carbons (Fsp3) is 0. The quantitative estimate of drug-likeness (QED) is 0.197. The van der Waals surface area contributed by atoms with E-state index in [0.29, 0.717) is 0 Å². The highest BCUT2D eigenvalue weighted by molar-refractivity contribution is 5.84. The highest BCUT2D eigenvalue weighted by atomic mass is 15.1. The van der Waals surface area contributed by atoms with Gasteiger partial charge < -0.3 is 4.90 Å². The van der Waals surface area contributed by atoms with Crippen molar-refractivity contribution >= 4 is 29.2 Å². The molecule has 6 aromatic rings. The summed E-state index contributed by atoms with van der Waals surface area (Å²) in [6.07, 6.45) is 4.35. The minimum absolute atomic E-state index is 1.13. The minimum atomic E-state index is 1.13. The zero-order chi connectivity index (χ0) is 26.3. The van der Waals surface area contributed by atoms with Crippen molar-refractivity contribution in [3.63, 3.8) is 0 Å². The Labute approximate surface area is 231 Å². The van der Waals surface area contributed by atoms with Gasteiger partial charge in [-0.1, -0.05) is 140 Å². The van der Waals surface area contributed by atoms with Crippen LogP contribution in [0.5, 0.6) is 0 Å². The zero-order valence-electron chi connectivity index (χ0n) is 21.7. The lowest BCUT2D eigenvalue weighted by atomic mass is 9.94. The third kappa shape index (κ3) is 5.58. The Hall–Kier alpha value is -5.14. The number of para-hydroxylation sites is 2. The van der Waals surface area contributed by atoms with Gasteiger partial charge in [0.2, 0.25) is 0 Å². The van der Waals surface area contributed by atoms with E-state index in [4.69, 9.17) is 0 Å². The molecule has 0 N–H and O–H groups in total. The Morgan fingerprint density at radius 1 is 0.308 bits per heavy atom. The number of benzene rings is 6. The lowest BCUT2D eigenvalue weighted by Gasteiger charge is -2.25. The smallest absolute Gasteiger partial charge is 0.0462 e. The Morgan fingerprint density at radius 3 is 1.15 bits per heavy atom. The van der Waals surface area contributed by atoms with Gasteiger partial charge in [-0.25, -0.2) is 0 Å². The second-order valence-corrected chi connectivity index (χ2v) is 9.46. The molecule has 0 saturated carbocycles. The molecular weight excluding hydrogens is 470 g/mol. The highest BCUT2D eigenvalue weighted by Gasteiger charge is 2.11. The van der Waals surface area contributed by atoms with Gasteiger partial charge in [0, 0.05) is 17.1 Å². The van der Waals surface area contributed by atoms with Crippen molar-refractivity contribution in [1.82, 2.24) is 0 Å². The van der Waals surface area contributed by atoms with E-state index in [0.717, 1.165) is 17.1 Å². The van der Waals surface area contributed by atoms with Crippen molar-refractivity contribution in [2.75, 3.05) is 4.90 Å². The molecule has 0 spiro atoms. The molecule has 39 heavy (non-hydrogen) atoms. The van der Waals surface area contributed by atoms with Crippen LogP contribution >= 0.6 is 0 Å². The Morgan fingerprint density at radius 2 is 0.667 bits per heavy atom. The molecule has 6 rings (SSSR count). The van der Waals surface area contributed by atoms with Crippen LogP contribution in [0.25, 0.3) is 34.4 Å². The number of hydrogen-bond donors (Lipinski definition) is 0. The molecule has 6 aromatic carbocycles. The van der Waals surface area contributed by atoms with Crippen LogP contribution in [0.15, 0.2) is 164 Å². The summed E-state index contributed by atoms with van der Waals surface area (Å²) in [5, 5.41) is 0. The van der Waals surface area contributed by atoms with Gasteiger partial charge in [0.1, 0.15) is 0 Å². The largest absolute Gasteiger partial charge is 0.311 e. The molecule has 0 aliphatic rings. The van der Waals surface area contributed by atoms with Gasteiger partial charge in [-0.15, -0.1) is 0 Å². The number of hydrogen-bond acceptors (Lipinski definition) is 1. The predicted molar refractivity (Wildman–Crippen MR) is 167 cm³/mol. The topological polar surface area (TPSA) is 3.24 Å². The average molecular weight is 500 g/mol. The summed E-state index contributed by atoms with van der Waals surface area (Å²) in [5.41, 5.74) is 10.7. The van der Waals surface area contributed by atoms with Gasteiger partial charge in [-0.2, -0.15) is 0 Å². The van der Waals surface area contributed by atoms with Crippen LogP contribution in [0, 0.1) is 0 Å². The first-order valence-electron chi connectivity index (χ1n) is 13.3. The first-order chi connectivity index (χ1) is 19.3. The molecule has 0 bridgehead atoms. The zero-order valence-corrected chi connectivity index (χ0v) is 21.7. The lowest BCUT2D eigenvalue weighted by molar-refractivity contribution is 1.28.